The Morgan fingerprint density at radius 2 is 2.21 bits per heavy atom. The molecule has 0 saturated carbocycles. The van der Waals surface area contributed by atoms with Gasteiger partial charge in [0.05, 0.1) is 6.61 Å². The maximum Gasteiger partial charge on any atom is 0.0558 e. The number of hydrogen-bond donors (Lipinski definition) is 2. The van der Waals surface area contributed by atoms with Gasteiger partial charge in [-0.05, 0) is 24.7 Å². The molecule has 0 aliphatic rings. The second-order valence-corrected chi connectivity index (χ2v) is 4.17. The minimum atomic E-state index is 0.184. The van der Waals surface area contributed by atoms with Crippen LogP contribution < -0.4 is 5.73 Å². The summed E-state index contributed by atoms with van der Waals surface area (Å²) in [6, 6.07) is 5.77. The summed E-state index contributed by atoms with van der Waals surface area (Å²) in [5.41, 5.74) is 7.56. The number of nitrogens with zero attached hydrogens (tertiary/aromatic N) is 1. The number of hydrogen-bond acceptors (Lipinski definition) is 3. The van der Waals surface area contributed by atoms with Crippen LogP contribution in [0.15, 0.2) is 22.7 Å². The van der Waals surface area contributed by atoms with Gasteiger partial charge < -0.3 is 10.8 Å². The lowest BCUT2D eigenvalue weighted by atomic mass is 10.2. The number of likely N-dealkylation sites (N-methyl/N-ethyl adjacent to an activating group) is 1. The van der Waals surface area contributed by atoms with Gasteiger partial charge in [-0.15, -0.1) is 0 Å². The quantitative estimate of drug-likeness (QED) is 0.805. The van der Waals surface area contributed by atoms with Crippen molar-refractivity contribution < 1.29 is 5.11 Å². The first-order valence-electron chi connectivity index (χ1n) is 4.47. The molecule has 0 unspecified atom stereocenters. The molecule has 0 atom stereocenters. The third kappa shape index (κ3) is 3.29. The molecule has 0 saturated heterocycles. The van der Waals surface area contributed by atoms with Gasteiger partial charge >= 0.3 is 0 Å². The smallest absolute Gasteiger partial charge is 0.0558 e. The molecule has 0 fully saturated rings. The second-order valence-electron chi connectivity index (χ2n) is 3.31. The molecule has 4 heteroatoms. The summed E-state index contributed by atoms with van der Waals surface area (Å²) in [6.07, 6.45) is 0. The first-order valence-corrected chi connectivity index (χ1v) is 5.26. The molecule has 1 aromatic carbocycles. The van der Waals surface area contributed by atoms with Crippen molar-refractivity contribution in [3.05, 3.63) is 28.2 Å². The number of rotatable bonds is 4. The SMILES string of the molecule is CN(CCO)Cc1ccc(N)cc1Br. The summed E-state index contributed by atoms with van der Waals surface area (Å²) >= 11 is 3.46. The predicted molar refractivity (Wildman–Crippen MR) is 62.0 cm³/mol. The van der Waals surface area contributed by atoms with E-state index in [2.05, 4.69) is 20.8 Å². The van der Waals surface area contributed by atoms with E-state index in [9.17, 15) is 0 Å². The molecular weight excluding hydrogens is 244 g/mol. The molecule has 0 spiro atoms. The third-order valence-electron chi connectivity index (χ3n) is 2.00. The van der Waals surface area contributed by atoms with E-state index in [0.717, 1.165) is 16.7 Å². The zero-order valence-electron chi connectivity index (χ0n) is 8.20. The van der Waals surface area contributed by atoms with E-state index in [1.54, 1.807) is 0 Å². The topological polar surface area (TPSA) is 49.5 Å². The van der Waals surface area contributed by atoms with Crippen LogP contribution in [0.3, 0.4) is 0 Å². The second kappa shape index (κ2) is 5.34. The Hall–Kier alpha value is -0.580. The van der Waals surface area contributed by atoms with Gasteiger partial charge in [0.15, 0.2) is 0 Å². The first kappa shape index (κ1) is 11.5. The van der Waals surface area contributed by atoms with Crippen molar-refractivity contribution in [2.75, 3.05) is 25.9 Å². The summed E-state index contributed by atoms with van der Waals surface area (Å²) in [5, 5.41) is 8.75. The maximum absolute atomic E-state index is 8.75. The Balaban J connectivity index is 2.67. The van der Waals surface area contributed by atoms with Crippen LogP contribution in [-0.2, 0) is 6.54 Å². The lowest BCUT2D eigenvalue weighted by Crippen LogP contribution is -2.21. The normalized spacial score (nSPS) is 10.9. The molecule has 1 aromatic rings. The number of benzene rings is 1. The molecular formula is C10H15BrN2O. The molecule has 0 amide bonds. The van der Waals surface area contributed by atoms with Gasteiger partial charge in [0.2, 0.25) is 0 Å². The third-order valence-corrected chi connectivity index (χ3v) is 2.74. The maximum atomic E-state index is 8.75. The Labute approximate surface area is 92.7 Å². The summed E-state index contributed by atoms with van der Waals surface area (Å²) in [7, 11) is 1.97. The van der Waals surface area contributed by atoms with Crippen molar-refractivity contribution in [1.82, 2.24) is 4.90 Å². The van der Waals surface area contributed by atoms with Crippen LogP contribution in [0.5, 0.6) is 0 Å². The van der Waals surface area contributed by atoms with Crippen molar-refractivity contribution >= 4 is 21.6 Å². The summed E-state index contributed by atoms with van der Waals surface area (Å²) < 4.78 is 1.02. The zero-order valence-corrected chi connectivity index (χ0v) is 9.79. The van der Waals surface area contributed by atoms with Crippen LogP contribution in [0.1, 0.15) is 5.56 Å². The molecule has 0 aliphatic carbocycles. The minimum absolute atomic E-state index is 0.184. The van der Waals surface area contributed by atoms with Crippen LogP contribution in [0.25, 0.3) is 0 Å². The van der Waals surface area contributed by atoms with Crippen LogP contribution in [0.2, 0.25) is 0 Å². The highest BCUT2D eigenvalue weighted by molar-refractivity contribution is 9.10. The average Bonchev–Trinajstić information content (AvgIpc) is 2.10. The van der Waals surface area contributed by atoms with Gasteiger partial charge in [-0.2, -0.15) is 0 Å². The molecule has 78 valence electrons. The van der Waals surface area contributed by atoms with Crippen LogP contribution in [0.4, 0.5) is 5.69 Å². The summed E-state index contributed by atoms with van der Waals surface area (Å²) in [5.74, 6) is 0. The molecule has 0 aliphatic heterocycles. The molecule has 0 heterocycles. The molecule has 3 N–H and O–H groups in total. The highest BCUT2D eigenvalue weighted by Crippen LogP contribution is 2.20. The van der Waals surface area contributed by atoms with Gasteiger partial charge in [-0.1, -0.05) is 22.0 Å². The highest BCUT2D eigenvalue weighted by Gasteiger charge is 2.03. The van der Waals surface area contributed by atoms with E-state index in [4.69, 9.17) is 10.8 Å². The first-order chi connectivity index (χ1) is 6.63. The van der Waals surface area contributed by atoms with Gasteiger partial charge in [0.25, 0.3) is 0 Å². The predicted octanol–water partition coefficient (Wildman–Crippen LogP) is 1.46. The van der Waals surface area contributed by atoms with Gasteiger partial charge in [-0.25, -0.2) is 0 Å². The number of nitrogens with two attached hydrogens (primary N) is 1. The minimum Gasteiger partial charge on any atom is -0.399 e. The van der Waals surface area contributed by atoms with Crippen LogP contribution in [-0.4, -0.2) is 30.2 Å². The summed E-state index contributed by atoms with van der Waals surface area (Å²) in [4.78, 5) is 2.05. The van der Waals surface area contributed by atoms with Crippen molar-refractivity contribution in [1.29, 1.82) is 0 Å². The molecule has 3 nitrogen and oxygen atoms in total. The van der Waals surface area contributed by atoms with Gasteiger partial charge in [0.1, 0.15) is 0 Å². The van der Waals surface area contributed by atoms with E-state index < -0.39 is 0 Å². The molecule has 0 bridgehead atoms. The standard InChI is InChI=1S/C10H15BrN2O/c1-13(4-5-14)7-8-2-3-9(12)6-10(8)11/h2-3,6,14H,4-5,7,12H2,1H3. The number of nitrogen functional groups attached to an aromatic ring is 1. The lowest BCUT2D eigenvalue weighted by Gasteiger charge is -2.16. The van der Waals surface area contributed by atoms with Crippen LogP contribution in [0, 0.1) is 0 Å². The number of aliphatic hydroxyl groups excluding tert-OH is 1. The van der Waals surface area contributed by atoms with E-state index in [1.165, 1.54) is 5.56 Å². The molecule has 14 heavy (non-hydrogen) atoms. The van der Waals surface area contributed by atoms with E-state index in [1.807, 2.05) is 25.2 Å². The fourth-order valence-corrected chi connectivity index (χ4v) is 1.75. The van der Waals surface area contributed by atoms with Crippen molar-refractivity contribution in [3.63, 3.8) is 0 Å². The Kier molecular flexibility index (Phi) is 4.38. The Morgan fingerprint density at radius 3 is 2.79 bits per heavy atom. The van der Waals surface area contributed by atoms with E-state index in [-0.39, 0.29) is 6.61 Å². The lowest BCUT2D eigenvalue weighted by molar-refractivity contribution is 0.217. The Morgan fingerprint density at radius 1 is 1.50 bits per heavy atom. The van der Waals surface area contributed by atoms with E-state index in [0.29, 0.717) is 6.54 Å². The fraction of sp³-hybridized carbons (Fsp3) is 0.400. The molecule has 0 radical (unpaired) electrons. The van der Waals surface area contributed by atoms with Gasteiger partial charge in [-0.3, -0.25) is 4.90 Å². The van der Waals surface area contributed by atoms with Crippen molar-refractivity contribution in [2.45, 2.75) is 6.54 Å². The largest absolute Gasteiger partial charge is 0.399 e. The fourth-order valence-electron chi connectivity index (χ4n) is 1.23. The summed E-state index contributed by atoms with van der Waals surface area (Å²) in [6.45, 7) is 1.67. The average molecular weight is 259 g/mol. The number of halogens is 1. The van der Waals surface area contributed by atoms with Gasteiger partial charge in [0, 0.05) is 23.2 Å². The number of anilines is 1. The monoisotopic (exact) mass is 258 g/mol. The van der Waals surface area contributed by atoms with Crippen molar-refractivity contribution in [2.24, 2.45) is 0 Å². The van der Waals surface area contributed by atoms with Crippen molar-refractivity contribution in [3.8, 4) is 0 Å². The molecule has 0 aromatic heterocycles. The highest BCUT2D eigenvalue weighted by atomic mass is 79.9. The zero-order chi connectivity index (χ0) is 10.6. The number of aliphatic hydroxyl groups is 1. The van der Waals surface area contributed by atoms with E-state index >= 15 is 0 Å². The Bertz CT molecular complexity index is 304. The molecule has 1 rings (SSSR count). The van der Waals surface area contributed by atoms with Crippen LogP contribution >= 0.6 is 15.9 Å².